The van der Waals surface area contributed by atoms with Crippen LogP contribution in [-0.4, -0.2) is 9.97 Å². The van der Waals surface area contributed by atoms with Gasteiger partial charge in [0.25, 0.3) is 0 Å². The van der Waals surface area contributed by atoms with E-state index in [1.165, 1.54) is 0 Å². The fraction of sp³-hybridized carbons (Fsp3) is 0. The number of nitrogen functional groups attached to an aromatic ring is 1. The van der Waals surface area contributed by atoms with Gasteiger partial charge in [-0.25, -0.2) is 4.98 Å². The molecule has 0 fully saturated rings. The molecule has 0 atom stereocenters. The molecular formula is C14H12N4. The lowest BCUT2D eigenvalue weighted by Gasteiger charge is -2.09. The number of benzene rings is 1. The molecule has 0 unspecified atom stereocenters. The number of rotatable bonds is 2. The zero-order valence-electron chi connectivity index (χ0n) is 9.67. The molecule has 2 aromatic heterocycles. The molecule has 0 bridgehead atoms. The third-order valence-electron chi connectivity index (χ3n) is 2.75. The molecule has 0 amide bonds. The second-order valence-corrected chi connectivity index (χ2v) is 4.00. The van der Waals surface area contributed by atoms with Crippen molar-refractivity contribution in [2.75, 3.05) is 11.1 Å². The number of aromatic nitrogens is 2. The van der Waals surface area contributed by atoms with Crippen molar-refractivity contribution in [1.82, 2.24) is 9.97 Å². The first kappa shape index (κ1) is 10.5. The maximum Gasteiger partial charge on any atom is 0.123 e. The molecule has 0 aliphatic heterocycles. The Morgan fingerprint density at radius 3 is 2.78 bits per heavy atom. The van der Waals surface area contributed by atoms with Gasteiger partial charge in [0.15, 0.2) is 0 Å². The van der Waals surface area contributed by atoms with Crippen LogP contribution in [-0.2, 0) is 0 Å². The van der Waals surface area contributed by atoms with Crippen molar-refractivity contribution in [3.05, 3.63) is 55.0 Å². The summed E-state index contributed by atoms with van der Waals surface area (Å²) < 4.78 is 0. The highest BCUT2D eigenvalue weighted by Crippen LogP contribution is 2.25. The van der Waals surface area contributed by atoms with Crippen LogP contribution in [0.25, 0.3) is 10.8 Å². The second-order valence-electron chi connectivity index (χ2n) is 4.00. The second kappa shape index (κ2) is 4.33. The van der Waals surface area contributed by atoms with E-state index in [2.05, 4.69) is 21.4 Å². The fourth-order valence-corrected chi connectivity index (χ4v) is 1.86. The number of hydrogen-bond acceptors (Lipinski definition) is 4. The number of pyridine rings is 2. The summed E-state index contributed by atoms with van der Waals surface area (Å²) in [5.74, 6) is 0.514. The molecule has 4 nitrogen and oxygen atoms in total. The third kappa shape index (κ3) is 1.96. The van der Waals surface area contributed by atoms with Gasteiger partial charge in [-0.15, -0.1) is 0 Å². The van der Waals surface area contributed by atoms with Crippen LogP contribution in [0.3, 0.4) is 0 Å². The number of nitrogens with two attached hydrogens (primary N) is 1. The smallest absolute Gasteiger partial charge is 0.123 e. The number of anilines is 3. The molecule has 0 spiro atoms. The van der Waals surface area contributed by atoms with Crippen LogP contribution in [0.15, 0.2) is 55.0 Å². The minimum absolute atomic E-state index is 0.514. The van der Waals surface area contributed by atoms with E-state index in [9.17, 15) is 0 Å². The molecule has 18 heavy (non-hydrogen) atoms. The highest BCUT2D eigenvalue weighted by atomic mass is 14.9. The topological polar surface area (TPSA) is 63.8 Å². The molecule has 0 saturated heterocycles. The first-order valence-corrected chi connectivity index (χ1v) is 5.64. The molecule has 2 heterocycles. The van der Waals surface area contributed by atoms with E-state index in [0.717, 1.165) is 22.1 Å². The van der Waals surface area contributed by atoms with Gasteiger partial charge in [0.1, 0.15) is 5.82 Å². The zero-order valence-corrected chi connectivity index (χ0v) is 9.67. The summed E-state index contributed by atoms with van der Waals surface area (Å²) in [6.45, 7) is 0. The number of nitrogens with zero attached hydrogens (tertiary/aromatic N) is 2. The lowest BCUT2D eigenvalue weighted by molar-refractivity contribution is 1.33. The van der Waals surface area contributed by atoms with Gasteiger partial charge >= 0.3 is 0 Å². The van der Waals surface area contributed by atoms with Gasteiger partial charge in [0.2, 0.25) is 0 Å². The van der Waals surface area contributed by atoms with Gasteiger partial charge < -0.3 is 11.1 Å². The quantitative estimate of drug-likeness (QED) is 0.718. The van der Waals surface area contributed by atoms with Crippen molar-refractivity contribution in [2.24, 2.45) is 0 Å². The summed E-state index contributed by atoms with van der Waals surface area (Å²) in [5, 5.41) is 5.55. The van der Waals surface area contributed by atoms with Crippen LogP contribution in [0.5, 0.6) is 0 Å². The lowest BCUT2D eigenvalue weighted by atomic mass is 10.1. The van der Waals surface area contributed by atoms with Gasteiger partial charge in [0.05, 0.1) is 11.9 Å². The Kier molecular flexibility index (Phi) is 2.53. The molecule has 0 aliphatic carbocycles. The Morgan fingerprint density at radius 1 is 1.00 bits per heavy atom. The average molecular weight is 236 g/mol. The van der Waals surface area contributed by atoms with E-state index < -0.39 is 0 Å². The van der Waals surface area contributed by atoms with Gasteiger partial charge in [-0.3, -0.25) is 4.98 Å². The zero-order chi connectivity index (χ0) is 12.4. The molecule has 3 N–H and O–H groups in total. The SMILES string of the molecule is Nc1ccc(Nc2cccc3ccncc23)cn1. The third-order valence-corrected chi connectivity index (χ3v) is 2.75. The maximum atomic E-state index is 5.56. The standard InChI is InChI=1S/C14H12N4/c15-14-5-4-11(8-17-14)18-13-3-1-2-10-6-7-16-9-12(10)13/h1-9,18H,(H2,15,17). The van der Waals surface area contributed by atoms with E-state index in [0.29, 0.717) is 5.82 Å². The van der Waals surface area contributed by atoms with E-state index in [4.69, 9.17) is 5.73 Å². The molecule has 1 aromatic carbocycles. The van der Waals surface area contributed by atoms with E-state index in [-0.39, 0.29) is 0 Å². The minimum atomic E-state index is 0.514. The molecular weight excluding hydrogens is 224 g/mol. The number of fused-ring (bicyclic) bond motifs is 1. The van der Waals surface area contributed by atoms with E-state index in [1.54, 1.807) is 18.5 Å². The van der Waals surface area contributed by atoms with Crippen molar-refractivity contribution in [1.29, 1.82) is 0 Å². The Morgan fingerprint density at radius 2 is 1.94 bits per heavy atom. The Balaban J connectivity index is 2.02. The summed E-state index contributed by atoms with van der Waals surface area (Å²) >= 11 is 0. The minimum Gasteiger partial charge on any atom is -0.384 e. The van der Waals surface area contributed by atoms with Crippen LogP contribution < -0.4 is 11.1 Å². The molecule has 0 aliphatic rings. The molecule has 0 saturated carbocycles. The maximum absolute atomic E-state index is 5.56. The molecule has 0 radical (unpaired) electrons. The molecule has 4 heteroatoms. The van der Waals surface area contributed by atoms with Crippen LogP contribution in [0.4, 0.5) is 17.2 Å². The van der Waals surface area contributed by atoms with Gasteiger partial charge in [-0.05, 0) is 29.7 Å². The summed E-state index contributed by atoms with van der Waals surface area (Å²) in [7, 11) is 0. The highest BCUT2D eigenvalue weighted by molar-refractivity contribution is 5.94. The highest BCUT2D eigenvalue weighted by Gasteiger charge is 2.01. The van der Waals surface area contributed by atoms with Crippen LogP contribution in [0, 0.1) is 0 Å². The first-order valence-electron chi connectivity index (χ1n) is 5.64. The predicted octanol–water partition coefficient (Wildman–Crippen LogP) is 2.96. The van der Waals surface area contributed by atoms with E-state index in [1.807, 2.05) is 30.5 Å². The van der Waals surface area contributed by atoms with Crippen LogP contribution in [0.1, 0.15) is 0 Å². The Bertz CT molecular complexity index is 671. The summed E-state index contributed by atoms with van der Waals surface area (Å²) in [5.41, 5.74) is 7.47. The largest absolute Gasteiger partial charge is 0.384 e. The van der Waals surface area contributed by atoms with E-state index >= 15 is 0 Å². The van der Waals surface area contributed by atoms with Crippen molar-refractivity contribution < 1.29 is 0 Å². The summed E-state index contributed by atoms with van der Waals surface area (Å²) in [6.07, 6.45) is 5.35. The van der Waals surface area contributed by atoms with Crippen LogP contribution >= 0.6 is 0 Å². The normalized spacial score (nSPS) is 10.4. The van der Waals surface area contributed by atoms with Crippen molar-refractivity contribution in [2.45, 2.75) is 0 Å². The van der Waals surface area contributed by atoms with Crippen molar-refractivity contribution >= 4 is 28.0 Å². The molecule has 88 valence electrons. The van der Waals surface area contributed by atoms with Crippen LogP contribution in [0.2, 0.25) is 0 Å². The van der Waals surface area contributed by atoms with Gasteiger partial charge in [-0.1, -0.05) is 12.1 Å². The fourth-order valence-electron chi connectivity index (χ4n) is 1.86. The first-order chi connectivity index (χ1) is 8.83. The van der Waals surface area contributed by atoms with Gasteiger partial charge in [0, 0.05) is 23.5 Å². The molecule has 3 aromatic rings. The summed E-state index contributed by atoms with van der Waals surface area (Å²) in [6, 6.07) is 11.7. The van der Waals surface area contributed by atoms with Crippen molar-refractivity contribution in [3.8, 4) is 0 Å². The van der Waals surface area contributed by atoms with Gasteiger partial charge in [-0.2, -0.15) is 0 Å². The monoisotopic (exact) mass is 236 g/mol. The summed E-state index contributed by atoms with van der Waals surface area (Å²) in [4.78, 5) is 8.21. The predicted molar refractivity (Wildman–Crippen MR) is 73.7 cm³/mol. The lowest BCUT2D eigenvalue weighted by Crippen LogP contribution is -1.94. The Hall–Kier alpha value is -2.62. The van der Waals surface area contributed by atoms with Crippen molar-refractivity contribution in [3.63, 3.8) is 0 Å². The average Bonchev–Trinajstić information content (AvgIpc) is 2.42. The number of nitrogens with one attached hydrogen (secondary N) is 1. The molecule has 3 rings (SSSR count). The number of hydrogen-bond donors (Lipinski definition) is 2. The Labute approximate surface area is 104 Å².